The maximum Gasteiger partial charge on any atom is 0.127 e. The second-order valence-electron chi connectivity index (χ2n) is 7.02. The molecule has 3 nitrogen and oxygen atoms in total. The Morgan fingerprint density at radius 1 is 0.724 bits per heavy atom. The van der Waals surface area contributed by atoms with E-state index in [0.29, 0.717) is 0 Å². The molecule has 3 aromatic carbocycles. The summed E-state index contributed by atoms with van der Waals surface area (Å²) in [5.41, 5.74) is 5.46. The summed E-state index contributed by atoms with van der Waals surface area (Å²) in [6, 6.07) is 25.1. The van der Waals surface area contributed by atoms with E-state index >= 15 is 0 Å². The summed E-state index contributed by atoms with van der Waals surface area (Å²) in [5.74, 6) is 0. The van der Waals surface area contributed by atoms with E-state index in [0.717, 1.165) is 32.2 Å². The highest BCUT2D eigenvalue weighted by Crippen LogP contribution is 2.36. The molecule has 5 heteroatoms. The first-order valence-corrected chi connectivity index (χ1v) is 11.0. The van der Waals surface area contributed by atoms with E-state index in [9.17, 15) is 0 Å². The van der Waals surface area contributed by atoms with Crippen LogP contribution in [-0.2, 0) is 0 Å². The summed E-state index contributed by atoms with van der Waals surface area (Å²) < 4.78 is 2.38. The van der Waals surface area contributed by atoms with Gasteiger partial charge in [0.2, 0.25) is 0 Å². The Morgan fingerprint density at radius 3 is 1.72 bits per heavy atom. The van der Waals surface area contributed by atoms with Crippen LogP contribution in [0.15, 0.2) is 72.8 Å². The van der Waals surface area contributed by atoms with Gasteiger partial charge in [-0.1, -0.05) is 36.4 Å². The predicted octanol–water partition coefficient (Wildman–Crippen LogP) is 6.56. The van der Waals surface area contributed by atoms with Crippen molar-refractivity contribution in [1.29, 1.82) is 0 Å². The first kappa shape index (κ1) is 18.0. The van der Waals surface area contributed by atoms with E-state index in [1.54, 1.807) is 22.7 Å². The molecule has 2 heterocycles. The summed E-state index contributed by atoms with van der Waals surface area (Å²) in [5, 5.41) is 2.00. The lowest BCUT2D eigenvalue weighted by Crippen LogP contribution is -2.07. The second kappa shape index (κ2) is 7.43. The molecule has 0 bridgehead atoms. The standard InChI is InChI=1S/C24H19N3S2/c1-27(2)17-13-11-16(12-14-17)15-18(23-25-19-7-3-5-9-21(19)28-23)24-26-20-8-4-6-10-22(20)29-24/h3-15H,1-2H3. The van der Waals surface area contributed by atoms with E-state index in [1.807, 2.05) is 12.1 Å². The van der Waals surface area contributed by atoms with Gasteiger partial charge < -0.3 is 4.90 Å². The van der Waals surface area contributed by atoms with Crippen molar-refractivity contribution in [1.82, 2.24) is 9.97 Å². The Hall–Kier alpha value is -3.02. The van der Waals surface area contributed by atoms with Crippen LogP contribution in [0.25, 0.3) is 32.1 Å². The van der Waals surface area contributed by atoms with Gasteiger partial charge in [-0.2, -0.15) is 0 Å². The van der Waals surface area contributed by atoms with Crippen LogP contribution < -0.4 is 4.90 Å². The third-order valence-corrected chi connectivity index (χ3v) is 6.91. The Kier molecular flexibility index (Phi) is 4.62. The molecule has 0 aliphatic rings. The van der Waals surface area contributed by atoms with Crippen LogP contribution in [0.5, 0.6) is 0 Å². The van der Waals surface area contributed by atoms with Crippen molar-refractivity contribution in [2.75, 3.05) is 19.0 Å². The fourth-order valence-corrected chi connectivity index (χ4v) is 5.26. The maximum atomic E-state index is 4.91. The van der Waals surface area contributed by atoms with Gasteiger partial charge in [0.15, 0.2) is 0 Å². The monoisotopic (exact) mass is 413 g/mol. The number of rotatable bonds is 4. The molecule has 0 radical (unpaired) electrons. The van der Waals surface area contributed by atoms with Crippen molar-refractivity contribution in [3.63, 3.8) is 0 Å². The lowest BCUT2D eigenvalue weighted by Gasteiger charge is -2.12. The van der Waals surface area contributed by atoms with Gasteiger partial charge in [-0.15, -0.1) is 22.7 Å². The number of thiazole rings is 2. The molecule has 0 saturated heterocycles. The molecule has 0 aliphatic heterocycles. The van der Waals surface area contributed by atoms with Crippen LogP contribution >= 0.6 is 22.7 Å². The first-order valence-electron chi connectivity index (χ1n) is 9.38. The van der Waals surface area contributed by atoms with Crippen molar-refractivity contribution < 1.29 is 0 Å². The van der Waals surface area contributed by atoms with Gasteiger partial charge >= 0.3 is 0 Å². The quantitative estimate of drug-likeness (QED) is 0.334. The van der Waals surface area contributed by atoms with Gasteiger partial charge in [0.05, 0.1) is 20.4 Å². The molecule has 0 N–H and O–H groups in total. The lowest BCUT2D eigenvalue weighted by atomic mass is 10.1. The molecule has 0 amide bonds. The van der Waals surface area contributed by atoms with Gasteiger partial charge in [-0.3, -0.25) is 0 Å². The fourth-order valence-electron chi connectivity index (χ4n) is 3.23. The third-order valence-electron chi connectivity index (χ3n) is 4.77. The minimum atomic E-state index is 1.00. The van der Waals surface area contributed by atoms with Crippen LogP contribution in [0.3, 0.4) is 0 Å². The molecule has 0 aliphatic carbocycles. The van der Waals surface area contributed by atoms with Crippen molar-refractivity contribution in [2.45, 2.75) is 0 Å². The number of nitrogens with zero attached hydrogens (tertiary/aromatic N) is 3. The van der Waals surface area contributed by atoms with Crippen LogP contribution in [0, 0.1) is 0 Å². The van der Waals surface area contributed by atoms with Crippen molar-refractivity contribution in [3.8, 4) is 0 Å². The molecule has 5 aromatic rings. The Morgan fingerprint density at radius 2 is 1.24 bits per heavy atom. The summed E-state index contributed by atoms with van der Waals surface area (Å²) in [7, 11) is 4.11. The Bertz CT molecular complexity index is 1190. The van der Waals surface area contributed by atoms with E-state index in [2.05, 4.69) is 85.7 Å². The molecule has 142 valence electrons. The number of anilines is 1. The van der Waals surface area contributed by atoms with E-state index in [4.69, 9.17) is 9.97 Å². The third kappa shape index (κ3) is 3.55. The molecule has 0 spiro atoms. The second-order valence-corrected chi connectivity index (χ2v) is 9.08. The topological polar surface area (TPSA) is 29.0 Å². The molecule has 0 atom stereocenters. The normalized spacial score (nSPS) is 11.1. The zero-order valence-corrected chi connectivity index (χ0v) is 17.8. The number of fused-ring (bicyclic) bond motifs is 2. The van der Waals surface area contributed by atoms with Crippen LogP contribution in [-0.4, -0.2) is 24.1 Å². The molecule has 29 heavy (non-hydrogen) atoms. The van der Waals surface area contributed by atoms with E-state index in [-0.39, 0.29) is 0 Å². The average molecular weight is 414 g/mol. The molecular weight excluding hydrogens is 394 g/mol. The maximum absolute atomic E-state index is 4.91. The SMILES string of the molecule is CN(C)c1ccc(C=C(c2nc3ccccc3s2)c2nc3ccccc3s2)cc1. The zero-order valence-electron chi connectivity index (χ0n) is 16.2. The van der Waals surface area contributed by atoms with Crippen molar-refractivity contribution in [2.24, 2.45) is 0 Å². The van der Waals surface area contributed by atoms with E-state index in [1.165, 1.54) is 15.1 Å². The van der Waals surface area contributed by atoms with Gasteiger partial charge in [-0.05, 0) is 48.0 Å². The van der Waals surface area contributed by atoms with Crippen molar-refractivity contribution >= 4 is 60.4 Å². The molecule has 5 rings (SSSR count). The van der Waals surface area contributed by atoms with E-state index < -0.39 is 0 Å². The number of aromatic nitrogens is 2. The highest BCUT2D eigenvalue weighted by molar-refractivity contribution is 7.22. The zero-order chi connectivity index (χ0) is 19.8. The highest BCUT2D eigenvalue weighted by Gasteiger charge is 2.15. The Balaban J connectivity index is 1.67. The number of hydrogen-bond acceptors (Lipinski definition) is 5. The predicted molar refractivity (Wildman–Crippen MR) is 127 cm³/mol. The van der Waals surface area contributed by atoms with Gasteiger partial charge in [0.1, 0.15) is 10.0 Å². The highest BCUT2D eigenvalue weighted by atomic mass is 32.1. The fraction of sp³-hybridized carbons (Fsp3) is 0.0833. The number of benzene rings is 3. The molecule has 0 saturated carbocycles. The van der Waals surface area contributed by atoms with Crippen LogP contribution in [0.4, 0.5) is 5.69 Å². The molecule has 2 aromatic heterocycles. The van der Waals surface area contributed by atoms with Crippen LogP contribution in [0.2, 0.25) is 0 Å². The molecule has 0 fully saturated rings. The summed E-state index contributed by atoms with van der Waals surface area (Å²) in [6.45, 7) is 0. The molecular formula is C24H19N3S2. The first-order chi connectivity index (χ1) is 14.2. The largest absolute Gasteiger partial charge is 0.378 e. The smallest absolute Gasteiger partial charge is 0.127 e. The summed E-state index contributed by atoms with van der Waals surface area (Å²) in [6.07, 6.45) is 2.20. The average Bonchev–Trinajstić information content (AvgIpc) is 3.36. The number of hydrogen-bond donors (Lipinski definition) is 0. The van der Waals surface area contributed by atoms with Crippen molar-refractivity contribution in [3.05, 3.63) is 88.4 Å². The molecule has 0 unspecified atom stereocenters. The summed E-state index contributed by atoms with van der Waals surface area (Å²) in [4.78, 5) is 11.9. The Labute approximate surface area is 177 Å². The van der Waals surface area contributed by atoms with Crippen LogP contribution in [0.1, 0.15) is 15.6 Å². The van der Waals surface area contributed by atoms with Gasteiger partial charge in [-0.25, -0.2) is 9.97 Å². The summed E-state index contributed by atoms with van der Waals surface area (Å²) >= 11 is 3.43. The lowest BCUT2D eigenvalue weighted by molar-refractivity contribution is 1.13. The van der Waals surface area contributed by atoms with Gasteiger partial charge in [0, 0.05) is 25.4 Å². The minimum absolute atomic E-state index is 1.00. The van der Waals surface area contributed by atoms with Gasteiger partial charge in [0.25, 0.3) is 0 Å². The number of para-hydroxylation sites is 2. The minimum Gasteiger partial charge on any atom is -0.378 e.